The lowest BCUT2D eigenvalue weighted by Gasteiger charge is -2.09. The first kappa shape index (κ1) is 12.6. The van der Waals surface area contributed by atoms with Crippen molar-refractivity contribution in [1.29, 1.82) is 0 Å². The Balaban J connectivity index is 2.25. The van der Waals surface area contributed by atoms with Crippen LogP contribution in [-0.4, -0.2) is 21.2 Å². The van der Waals surface area contributed by atoms with Crippen molar-refractivity contribution in [2.45, 2.75) is 0 Å². The van der Waals surface area contributed by atoms with Crippen molar-refractivity contribution >= 4 is 17.3 Å². The molecule has 0 radical (unpaired) electrons. The highest BCUT2D eigenvalue weighted by Gasteiger charge is 2.10. The van der Waals surface area contributed by atoms with E-state index in [0.29, 0.717) is 5.69 Å². The Morgan fingerprint density at radius 1 is 0.947 bits per heavy atom. The zero-order valence-electron chi connectivity index (χ0n) is 9.79. The second kappa shape index (κ2) is 4.77. The van der Waals surface area contributed by atoms with Crippen LogP contribution in [0.1, 0.15) is 10.4 Å². The minimum atomic E-state index is -0.538. The van der Waals surface area contributed by atoms with Crippen LogP contribution < -0.4 is 11.1 Å². The van der Waals surface area contributed by atoms with Crippen LogP contribution in [0, 0.1) is 0 Å². The Labute approximate surface area is 108 Å². The Kier molecular flexibility index (Phi) is 3.15. The first-order valence-corrected chi connectivity index (χ1v) is 5.38. The second-order valence-electron chi connectivity index (χ2n) is 3.96. The number of hydrogen-bond acceptors (Lipinski definition) is 5. The highest BCUT2D eigenvalue weighted by Crippen LogP contribution is 2.25. The van der Waals surface area contributed by atoms with Crippen LogP contribution in [0.5, 0.6) is 17.2 Å². The molecule has 2 aromatic carbocycles. The first-order chi connectivity index (χ1) is 8.95. The average Bonchev–Trinajstić information content (AvgIpc) is 2.31. The number of phenols is 3. The lowest BCUT2D eigenvalue weighted by Crippen LogP contribution is -2.13. The van der Waals surface area contributed by atoms with Gasteiger partial charge in [0.1, 0.15) is 17.2 Å². The lowest BCUT2D eigenvalue weighted by molar-refractivity contribution is 0.102. The van der Waals surface area contributed by atoms with Gasteiger partial charge in [-0.05, 0) is 24.3 Å². The summed E-state index contributed by atoms with van der Waals surface area (Å²) >= 11 is 0. The quantitative estimate of drug-likeness (QED) is 0.416. The number of carbonyl (C=O) groups is 1. The summed E-state index contributed by atoms with van der Waals surface area (Å²) in [6, 6.07) is 7.68. The fraction of sp³-hybridized carbons (Fsp3) is 0. The highest BCUT2D eigenvalue weighted by molar-refractivity contribution is 6.06. The van der Waals surface area contributed by atoms with Gasteiger partial charge in [-0.25, -0.2) is 0 Å². The molecule has 0 unspecified atom stereocenters. The maximum Gasteiger partial charge on any atom is 0.255 e. The van der Waals surface area contributed by atoms with Crippen molar-refractivity contribution in [3.05, 3.63) is 42.0 Å². The summed E-state index contributed by atoms with van der Waals surface area (Å²) in [6.45, 7) is 0. The molecule has 0 saturated heterocycles. The Morgan fingerprint density at radius 3 is 2.16 bits per heavy atom. The van der Waals surface area contributed by atoms with Crippen molar-refractivity contribution in [2.75, 3.05) is 11.1 Å². The minimum Gasteiger partial charge on any atom is -0.508 e. The van der Waals surface area contributed by atoms with Crippen molar-refractivity contribution in [1.82, 2.24) is 0 Å². The van der Waals surface area contributed by atoms with Crippen molar-refractivity contribution in [2.24, 2.45) is 0 Å². The van der Waals surface area contributed by atoms with E-state index in [0.717, 1.165) is 6.07 Å². The summed E-state index contributed by atoms with van der Waals surface area (Å²) in [7, 11) is 0. The van der Waals surface area contributed by atoms with Crippen LogP contribution >= 0.6 is 0 Å². The average molecular weight is 260 g/mol. The van der Waals surface area contributed by atoms with Gasteiger partial charge in [0.2, 0.25) is 0 Å². The topological polar surface area (TPSA) is 116 Å². The monoisotopic (exact) mass is 260 g/mol. The summed E-state index contributed by atoms with van der Waals surface area (Å²) in [5.74, 6) is -0.984. The van der Waals surface area contributed by atoms with Gasteiger partial charge >= 0.3 is 0 Å². The van der Waals surface area contributed by atoms with Gasteiger partial charge in [-0.3, -0.25) is 4.79 Å². The van der Waals surface area contributed by atoms with E-state index in [1.165, 1.54) is 30.3 Å². The molecule has 6 N–H and O–H groups in total. The van der Waals surface area contributed by atoms with Gasteiger partial charge in [0.05, 0.1) is 11.4 Å². The Bertz CT molecular complexity index is 620. The summed E-state index contributed by atoms with van der Waals surface area (Å²) < 4.78 is 0. The molecule has 0 heterocycles. The van der Waals surface area contributed by atoms with Crippen LogP contribution in [0.3, 0.4) is 0 Å². The fourth-order valence-corrected chi connectivity index (χ4v) is 1.58. The number of nitrogens with one attached hydrogen (secondary N) is 1. The summed E-state index contributed by atoms with van der Waals surface area (Å²) in [5, 5.41) is 30.3. The number of amides is 1. The first-order valence-electron chi connectivity index (χ1n) is 5.38. The van der Waals surface area contributed by atoms with E-state index in [9.17, 15) is 20.1 Å². The molecule has 0 bridgehead atoms. The van der Waals surface area contributed by atoms with Gasteiger partial charge in [-0.2, -0.15) is 0 Å². The van der Waals surface area contributed by atoms with Crippen LogP contribution in [-0.2, 0) is 0 Å². The van der Waals surface area contributed by atoms with Gasteiger partial charge < -0.3 is 26.4 Å². The molecule has 0 aliphatic carbocycles. The third-order valence-electron chi connectivity index (χ3n) is 2.45. The molecule has 0 aromatic heterocycles. The zero-order chi connectivity index (χ0) is 14.0. The SMILES string of the molecule is Nc1cc(O)ccc1NC(=O)c1cc(O)cc(O)c1. The standard InChI is InChI=1S/C13H12N2O4/c14-11-6-8(16)1-2-12(11)15-13(19)7-3-9(17)5-10(18)4-7/h1-6,16-18H,14H2,(H,15,19). The predicted octanol–water partition coefficient (Wildman–Crippen LogP) is 1.64. The maximum atomic E-state index is 11.9. The van der Waals surface area contributed by atoms with Crippen LogP contribution in [0.4, 0.5) is 11.4 Å². The molecule has 6 heteroatoms. The van der Waals surface area contributed by atoms with E-state index in [1.807, 2.05) is 0 Å². The molecule has 98 valence electrons. The van der Waals surface area contributed by atoms with Crippen molar-refractivity contribution in [3.63, 3.8) is 0 Å². The summed E-state index contributed by atoms with van der Waals surface area (Å²) in [4.78, 5) is 11.9. The van der Waals surface area contributed by atoms with E-state index in [2.05, 4.69) is 5.32 Å². The van der Waals surface area contributed by atoms with Crippen molar-refractivity contribution < 1.29 is 20.1 Å². The van der Waals surface area contributed by atoms with Crippen LogP contribution in [0.15, 0.2) is 36.4 Å². The molecule has 2 rings (SSSR count). The number of hydrogen-bond donors (Lipinski definition) is 5. The smallest absolute Gasteiger partial charge is 0.255 e. The number of rotatable bonds is 2. The molecule has 0 aliphatic heterocycles. The molecular weight excluding hydrogens is 248 g/mol. The van der Waals surface area contributed by atoms with Gasteiger partial charge in [0.15, 0.2) is 0 Å². The predicted molar refractivity (Wildman–Crippen MR) is 70.2 cm³/mol. The molecule has 0 fully saturated rings. The Morgan fingerprint density at radius 2 is 1.58 bits per heavy atom. The summed E-state index contributed by atoms with van der Waals surface area (Å²) in [5.41, 5.74) is 6.25. The largest absolute Gasteiger partial charge is 0.508 e. The van der Waals surface area contributed by atoms with E-state index in [1.54, 1.807) is 0 Å². The van der Waals surface area contributed by atoms with Gasteiger partial charge in [-0.1, -0.05) is 0 Å². The number of nitrogen functional groups attached to an aromatic ring is 1. The normalized spacial score (nSPS) is 10.1. The molecule has 0 spiro atoms. The van der Waals surface area contributed by atoms with Gasteiger partial charge in [0.25, 0.3) is 5.91 Å². The third-order valence-corrected chi connectivity index (χ3v) is 2.45. The molecule has 2 aromatic rings. The number of aromatic hydroxyl groups is 3. The molecule has 0 saturated carbocycles. The van der Waals surface area contributed by atoms with Crippen LogP contribution in [0.25, 0.3) is 0 Å². The molecule has 0 aliphatic rings. The van der Waals surface area contributed by atoms with E-state index in [-0.39, 0.29) is 28.5 Å². The number of benzene rings is 2. The minimum absolute atomic E-state index is 0.00880. The molecular formula is C13H12N2O4. The zero-order valence-corrected chi connectivity index (χ0v) is 9.79. The number of nitrogens with two attached hydrogens (primary N) is 1. The maximum absolute atomic E-state index is 11.9. The molecule has 6 nitrogen and oxygen atoms in total. The highest BCUT2D eigenvalue weighted by atomic mass is 16.3. The van der Waals surface area contributed by atoms with E-state index < -0.39 is 5.91 Å². The van der Waals surface area contributed by atoms with Gasteiger partial charge in [-0.15, -0.1) is 0 Å². The van der Waals surface area contributed by atoms with Crippen molar-refractivity contribution in [3.8, 4) is 17.2 Å². The lowest BCUT2D eigenvalue weighted by atomic mass is 10.1. The summed E-state index contributed by atoms with van der Waals surface area (Å²) in [6.07, 6.45) is 0. The molecule has 0 atom stereocenters. The van der Waals surface area contributed by atoms with E-state index >= 15 is 0 Å². The number of carbonyl (C=O) groups excluding carboxylic acids is 1. The number of phenolic OH excluding ortho intramolecular Hbond substituents is 3. The van der Waals surface area contributed by atoms with E-state index in [4.69, 9.17) is 5.73 Å². The molecule has 19 heavy (non-hydrogen) atoms. The second-order valence-corrected chi connectivity index (χ2v) is 3.96. The fourth-order valence-electron chi connectivity index (χ4n) is 1.58. The van der Waals surface area contributed by atoms with Gasteiger partial charge in [0, 0.05) is 17.7 Å². The number of anilines is 2. The Hall–Kier alpha value is -2.89. The third kappa shape index (κ3) is 2.86. The van der Waals surface area contributed by atoms with Crippen LogP contribution in [0.2, 0.25) is 0 Å². The molecule has 1 amide bonds.